The minimum atomic E-state index is 0.491. The van der Waals surface area contributed by atoms with E-state index in [4.69, 9.17) is 0 Å². The summed E-state index contributed by atoms with van der Waals surface area (Å²) < 4.78 is 1.87. The molecule has 0 saturated carbocycles. The largest absolute Gasteiger partial charge is 0.333 e. The van der Waals surface area contributed by atoms with Gasteiger partial charge in [0.05, 0.1) is 12.0 Å². The standard InChI is InChI=1S/C13H14N2O/c1-9-4-5-11(6-10(9)2)13-12(7-16)14-8-15(13)3/h4-8H,1-3H3. The van der Waals surface area contributed by atoms with Gasteiger partial charge in [0.25, 0.3) is 0 Å². The molecule has 0 aliphatic rings. The highest BCUT2D eigenvalue weighted by Gasteiger charge is 2.10. The first-order valence-corrected chi connectivity index (χ1v) is 5.17. The predicted molar refractivity (Wildman–Crippen MR) is 63.5 cm³/mol. The van der Waals surface area contributed by atoms with Crippen molar-refractivity contribution < 1.29 is 4.79 Å². The Morgan fingerprint density at radius 3 is 2.62 bits per heavy atom. The average Bonchev–Trinajstić information content (AvgIpc) is 2.64. The smallest absolute Gasteiger partial charge is 0.170 e. The summed E-state index contributed by atoms with van der Waals surface area (Å²) in [6, 6.07) is 6.16. The maximum atomic E-state index is 10.9. The number of carbonyl (C=O) groups excluding carboxylic acids is 1. The summed E-state index contributed by atoms with van der Waals surface area (Å²) in [5, 5.41) is 0. The molecule has 3 heteroatoms. The Kier molecular flexibility index (Phi) is 2.60. The van der Waals surface area contributed by atoms with Crippen LogP contribution in [0.1, 0.15) is 21.6 Å². The number of hydrogen-bond acceptors (Lipinski definition) is 2. The molecule has 1 aromatic heterocycles. The molecule has 16 heavy (non-hydrogen) atoms. The Hall–Kier alpha value is -1.90. The van der Waals surface area contributed by atoms with Crippen LogP contribution in [0.15, 0.2) is 24.5 Å². The van der Waals surface area contributed by atoms with E-state index in [-0.39, 0.29) is 0 Å². The zero-order valence-corrected chi connectivity index (χ0v) is 9.69. The van der Waals surface area contributed by atoms with E-state index in [0.29, 0.717) is 5.69 Å². The number of nitrogens with zero attached hydrogens (tertiary/aromatic N) is 2. The number of aldehydes is 1. The fraction of sp³-hybridized carbons (Fsp3) is 0.231. The monoisotopic (exact) mass is 214 g/mol. The van der Waals surface area contributed by atoms with Gasteiger partial charge < -0.3 is 4.57 Å². The van der Waals surface area contributed by atoms with Crippen LogP contribution in [0.25, 0.3) is 11.3 Å². The third-order valence-electron chi connectivity index (χ3n) is 2.86. The summed E-state index contributed by atoms with van der Waals surface area (Å²) in [7, 11) is 1.89. The Morgan fingerprint density at radius 2 is 2.00 bits per heavy atom. The van der Waals surface area contributed by atoms with Crippen LogP contribution >= 0.6 is 0 Å². The summed E-state index contributed by atoms with van der Waals surface area (Å²) in [6.07, 6.45) is 2.46. The zero-order chi connectivity index (χ0) is 11.7. The first-order valence-electron chi connectivity index (χ1n) is 5.17. The average molecular weight is 214 g/mol. The summed E-state index contributed by atoms with van der Waals surface area (Å²) in [5.41, 5.74) is 4.86. The topological polar surface area (TPSA) is 34.9 Å². The third-order valence-corrected chi connectivity index (χ3v) is 2.86. The van der Waals surface area contributed by atoms with Gasteiger partial charge in [-0.25, -0.2) is 4.98 Å². The molecule has 2 aromatic rings. The van der Waals surface area contributed by atoms with Crippen LogP contribution in [0.3, 0.4) is 0 Å². The van der Waals surface area contributed by atoms with Gasteiger partial charge in [-0.1, -0.05) is 12.1 Å². The van der Waals surface area contributed by atoms with E-state index in [0.717, 1.165) is 17.5 Å². The summed E-state index contributed by atoms with van der Waals surface area (Å²) in [5.74, 6) is 0. The van der Waals surface area contributed by atoms with Crippen LogP contribution in [0.2, 0.25) is 0 Å². The van der Waals surface area contributed by atoms with Crippen molar-refractivity contribution >= 4 is 6.29 Å². The molecule has 0 radical (unpaired) electrons. The minimum Gasteiger partial charge on any atom is -0.333 e. The molecule has 0 fully saturated rings. The summed E-state index contributed by atoms with van der Waals surface area (Å²) >= 11 is 0. The van der Waals surface area contributed by atoms with Crippen molar-refractivity contribution in [2.75, 3.05) is 0 Å². The third kappa shape index (κ3) is 1.65. The highest BCUT2D eigenvalue weighted by molar-refractivity contribution is 5.83. The van der Waals surface area contributed by atoms with Gasteiger partial charge in [-0.05, 0) is 31.0 Å². The molecule has 0 spiro atoms. The van der Waals surface area contributed by atoms with Gasteiger partial charge in [-0.3, -0.25) is 4.79 Å². The maximum absolute atomic E-state index is 10.9. The van der Waals surface area contributed by atoms with Crippen molar-refractivity contribution in [2.24, 2.45) is 7.05 Å². The lowest BCUT2D eigenvalue weighted by Gasteiger charge is -2.06. The van der Waals surface area contributed by atoms with Crippen molar-refractivity contribution in [3.63, 3.8) is 0 Å². The van der Waals surface area contributed by atoms with Crippen LogP contribution in [0, 0.1) is 13.8 Å². The molecule has 0 aliphatic heterocycles. The molecule has 1 aromatic carbocycles. The van der Waals surface area contributed by atoms with Gasteiger partial charge in [0.2, 0.25) is 0 Å². The second-order valence-corrected chi connectivity index (χ2v) is 4.01. The fourth-order valence-corrected chi connectivity index (χ4v) is 1.77. The van der Waals surface area contributed by atoms with Crippen molar-refractivity contribution in [3.8, 4) is 11.3 Å². The van der Waals surface area contributed by atoms with E-state index in [9.17, 15) is 4.79 Å². The Morgan fingerprint density at radius 1 is 1.25 bits per heavy atom. The van der Waals surface area contributed by atoms with Gasteiger partial charge in [0, 0.05) is 12.6 Å². The van der Waals surface area contributed by atoms with E-state index in [1.54, 1.807) is 6.33 Å². The zero-order valence-electron chi connectivity index (χ0n) is 9.69. The number of aromatic nitrogens is 2. The first kappa shape index (κ1) is 10.6. The summed E-state index contributed by atoms with van der Waals surface area (Å²) in [4.78, 5) is 14.9. The predicted octanol–water partition coefficient (Wildman–Crippen LogP) is 2.52. The molecule has 0 aliphatic carbocycles. The van der Waals surface area contributed by atoms with Crippen molar-refractivity contribution in [2.45, 2.75) is 13.8 Å². The van der Waals surface area contributed by atoms with Gasteiger partial charge in [0.1, 0.15) is 5.69 Å². The molecule has 0 saturated heterocycles. The molecular formula is C13H14N2O. The molecule has 2 rings (SSSR count). The summed E-state index contributed by atoms with van der Waals surface area (Å²) in [6.45, 7) is 4.14. The first-order chi connectivity index (χ1) is 7.63. The number of imidazole rings is 1. The van der Waals surface area contributed by atoms with Gasteiger partial charge in [0.15, 0.2) is 6.29 Å². The lowest BCUT2D eigenvalue weighted by atomic mass is 10.0. The molecule has 0 unspecified atom stereocenters. The highest BCUT2D eigenvalue weighted by atomic mass is 16.1. The van der Waals surface area contributed by atoms with Crippen LogP contribution in [0.5, 0.6) is 0 Å². The minimum absolute atomic E-state index is 0.491. The normalized spacial score (nSPS) is 10.4. The van der Waals surface area contributed by atoms with Crippen LogP contribution in [0.4, 0.5) is 0 Å². The van der Waals surface area contributed by atoms with Crippen molar-refractivity contribution in [1.29, 1.82) is 0 Å². The second kappa shape index (κ2) is 3.93. The molecule has 0 N–H and O–H groups in total. The van der Waals surface area contributed by atoms with Crippen molar-refractivity contribution in [3.05, 3.63) is 41.3 Å². The number of benzene rings is 1. The van der Waals surface area contributed by atoms with E-state index in [1.165, 1.54) is 11.1 Å². The molecular weight excluding hydrogens is 200 g/mol. The molecule has 0 bridgehead atoms. The second-order valence-electron chi connectivity index (χ2n) is 4.01. The van der Waals surface area contributed by atoms with E-state index >= 15 is 0 Å². The molecule has 1 heterocycles. The van der Waals surface area contributed by atoms with Gasteiger partial charge >= 0.3 is 0 Å². The number of rotatable bonds is 2. The van der Waals surface area contributed by atoms with Gasteiger partial charge in [-0.15, -0.1) is 0 Å². The Bertz CT molecular complexity index is 541. The Labute approximate surface area is 94.7 Å². The van der Waals surface area contributed by atoms with E-state index < -0.39 is 0 Å². The lowest BCUT2D eigenvalue weighted by Crippen LogP contribution is -1.94. The SMILES string of the molecule is Cc1ccc(-c2c(C=O)ncn2C)cc1C. The van der Waals surface area contributed by atoms with E-state index in [1.807, 2.05) is 17.7 Å². The van der Waals surface area contributed by atoms with Crippen molar-refractivity contribution in [1.82, 2.24) is 9.55 Å². The van der Waals surface area contributed by atoms with Gasteiger partial charge in [-0.2, -0.15) is 0 Å². The van der Waals surface area contributed by atoms with Crippen LogP contribution in [-0.4, -0.2) is 15.8 Å². The molecule has 3 nitrogen and oxygen atoms in total. The molecule has 0 amide bonds. The van der Waals surface area contributed by atoms with Crippen LogP contribution in [-0.2, 0) is 7.05 Å². The van der Waals surface area contributed by atoms with Crippen LogP contribution < -0.4 is 0 Å². The number of carbonyl (C=O) groups is 1. The van der Waals surface area contributed by atoms with E-state index in [2.05, 4.69) is 31.0 Å². The highest BCUT2D eigenvalue weighted by Crippen LogP contribution is 2.23. The fourth-order valence-electron chi connectivity index (χ4n) is 1.77. The number of aryl methyl sites for hydroxylation is 3. The lowest BCUT2D eigenvalue weighted by molar-refractivity contribution is 0.112. The maximum Gasteiger partial charge on any atom is 0.170 e. The number of hydrogen-bond donors (Lipinski definition) is 0. The Balaban J connectivity index is 2.62. The molecule has 82 valence electrons. The quantitative estimate of drug-likeness (QED) is 0.720. The molecule has 0 atom stereocenters.